The van der Waals surface area contributed by atoms with Crippen LogP contribution in [0.3, 0.4) is 0 Å². The van der Waals surface area contributed by atoms with E-state index in [1.165, 1.54) is 25.7 Å². The van der Waals surface area contributed by atoms with Gasteiger partial charge in [-0.15, -0.1) is 0 Å². The molecule has 0 saturated heterocycles. The number of aromatic nitrogens is 6. The van der Waals surface area contributed by atoms with E-state index in [0.29, 0.717) is 0 Å². The summed E-state index contributed by atoms with van der Waals surface area (Å²) in [5.41, 5.74) is 0. The molecule has 0 fully saturated rings. The minimum absolute atomic E-state index is 0.955. The average molecular weight is 374 g/mol. The lowest BCUT2D eigenvalue weighted by Gasteiger charge is -1.99. The molecule has 4 heterocycles. The highest BCUT2D eigenvalue weighted by molar-refractivity contribution is 5.20. The molecule has 0 aromatic carbocycles. The van der Waals surface area contributed by atoms with Gasteiger partial charge in [-0.05, 0) is 37.8 Å². The van der Waals surface area contributed by atoms with Crippen LogP contribution in [0, 0.1) is 0 Å². The molecule has 0 aliphatic rings. The lowest BCUT2D eigenvalue weighted by Crippen LogP contribution is -2.31. The van der Waals surface area contributed by atoms with Gasteiger partial charge in [0.1, 0.15) is 24.8 Å². The van der Waals surface area contributed by atoms with Crippen molar-refractivity contribution in [1.82, 2.24) is 19.1 Å². The smallest absolute Gasteiger partial charge is 0.236 e. The highest BCUT2D eigenvalue weighted by atomic mass is 15.2. The minimum Gasteiger partial charge on any atom is -0.236 e. The summed E-state index contributed by atoms with van der Waals surface area (Å²) in [7, 11) is 0. The molecule has 0 N–H and O–H groups in total. The molecule has 0 spiro atoms. The zero-order valence-electron chi connectivity index (χ0n) is 16.0. The van der Waals surface area contributed by atoms with Gasteiger partial charge in [0, 0.05) is 24.5 Å². The Hall–Kier alpha value is -3.28. The van der Waals surface area contributed by atoms with E-state index in [9.17, 15) is 0 Å². The van der Waals surface area contributed by atoms with Crippen LogP contribution >= 0.6 is 0 Å². The fourth-order valence-corrected chi connectivity index (χ4v) is 3.28. The maximum absolute atomic E-state index is 4.37. The monoisotopic (exact) mass is 374 g/mol. The maximum atomic E-state index is 4.37. The van der Waals surface area contributed by atoms with Crippen LogP contribution in [0.25, 0.3) is 11.6 Å². The van der Waals surface area contributed by atoms with Gasteiger partial charge in [-0.1, -0.05) is 12.1 Å². The molecule has 28 heavy (non-hydrogen) atoms. The van der Waals surface area contributed by atoms with Gasteiger partial charge in [0.2, 0.25) is 24.3 Å². The van der Waals surface area contributed by atoms with Crippen LogP contribution in [0.2, 0.25) is 0 Å². The van der Waals surface area contributed by atoms with Gasteiger partial charge in [0.15, 0.2) is 0 Å². The summed E-state index contributed by atoms with van der Waals surface area (Å²) in [5.74, 6) is 1.91. The van der Waals surface area contributed by atoms with Gasteiger partial charge in [0.05, 0.1) is 13.1 Å². The molecule has 4 aromatic heterocycles. The molecule has 0 unspecified atom stereocenters. The van der Waals surface area contributed by atoms with Crippen LogP contribution in [-0.2, 0) is 13.1 Å². The maximum Gasteiger partial charge on any atom is 0.250 e. The minimum atomic E-state index is 0.955. The largest absolute Gasteiger partial charge is 0.250 e. The third kappa shape index (κ3) is 4.71. The van der Waals surface area contributed by atoms with Crippen molar-refractivity contribution >= 4 is 0 Å². The van der Waals surface area contributed by atoms with Gasteiger partial charge < -0.3 is 0 Å². The number of nitrogens with zero attached hydrogens (tertiary/aromatic N) is 6. The molecule has 0 bridgehead atoms. The molecule has 0 saturated carbocycles. The number of rotatable bonds is 9. The predicted octanol–water partition coefficient (Wildman–Crippen LogP) is 2.89. The normalized spacial score (nSPS) is 11.0. The molecule has 4 rings (SSSR count). The van der Waals surface area contributed by atoms with Crippen molar-refractivity contribution in [2.24, 2.45) is 0 Å². The van der Waals surface area contributed by atoms with Gasteiger partial charge in [-0.25, -0.2) is 19.1 Å². The van der Waals surface area contributed by atoms with E-state index in [4.69, 9.17) is 0 Å². The van der Waals surface area contributed by atoms with Crippen molar-refractivity contribution in [3.05, 3.63) is 86.2 Å². The Morgan fingerprint density at radius 1 is 0.643 bits per heavy atom. The van der Waals surface area contributed by atoms with E-state index in [1.54, 1.807) is 0 Å². The third-order valence-corrected chi connectivity index (χ3v) is 4.79. The molecule has 0 radical (unpaired) electrons. The van der Waals surface area contributed by atoms with E-state index in [2.05, 4.69) is 65.7 Å². The summed E-state index contributed by atoms with van der Waals surface area (Å²) in [4.78, 5) is 8.75. The van der Waals surface area contributed by atoms with Gasteiger partial charge in [-0.3, -0.25) is 0 Å². The second-order valence-corrected chi connectivity index (χ2v) is 6.91. The van der Waals surface area contributed by atoms with Crippen molar-refractivity contribution in [2.75, 3.05) is 0 Å². The number of pyridine rings is 2. The Kier molecular flexibility index (Phi) is 5.87. The number of hydrogen-bond acceptors (Lipinski definition) is 2. The zero-order valence-corrected chi connectivity index (χ0v) is 16.0. The predicted molar refractivity (Wildman–Crippen MR) is 106 cm³/mol. The molecular weight excluding hydrogens is 348 g/mol. The van der Waals surface area contributed by atoms with Crippen LogP contribution in [0.4, 0.5) is 0 Å². The average Bonchev–Trinajstić information content (AvgIpc) is 3.42. The van der Waals surface area contributed by atoms with Crippen molar-refractivity contribution in [1.29, 1.82) is 0 Å². The number of aryl methyl sites for hydroxylation is 2. The van der Waals surface area contributed by atoms with Crippen molar-refractivity contribution in [2.45, 2.75) is 38.8 Å². The fourth-order valence-electron chi connectivity index (χ4n) is 3.28. The second kappa shape index (κ2) is 9.08. The summed E-state index contributed by atoms with van der Waals surface area (Å²) >= 11 is 0. The van der Waals surface area contributed by atoms with Crippen LogP contribution in [0.1, 0.15) is 25.7 Å². The second-order valence-electron chi connectivity index (χ2n) is 6.91. The zero-order chi connectivity index (χ0) is 19.0. The van der Waals surface area contributed by atoms with E-state index < -0.39 is 0 Å². The number of hydrogen-bond donors (Lipinski definition) is 0. The molecule has 142 valence electrons. The fraction of sp³-hybridized carbons (Fsp3) is 0.273. The highest BCUT2D eigenvalue weighted by Gasteiger charge is 2.08. The summed E-state index contributed by atoms with van der Waals surface area (Å²) in [6.07, 6.45) is 21.1. The third-order valence-electron chi connectivity index (χ3n) is 4.79. The van der Waals surface area contributed by atoms with E-state index in [-0.39, 0.29) is 0 Å². The molecule has 0 aliphatic carbocycles. The first-order valence-electron chi connectivity index (χ1n) is 9.85. The Labute approximate surface area is 165 Å². The molecule has 6 nitrogen and oxygen atoms in total. The standard InChI is InChI=1S/C22H26N6/c1(7-13-25-15-17-27(19-25)21-9-3-5-11-23-21)2-8-14-26-16-18-28(20-26)22-10-4-6-12-24-22/h3-6,9-12,15-20H,1-2,7-8,13-14H2/q+2. The Balaban J connectivity index is 1.16. The topological polar surface area (TPSA) is 43.4 Å². The first kappa shape index (κ1) is 18.1. The Bertz CT molecular complexity index is 893. The SMILES string of the molecule is c1ccc(-n2cc[n+](CCCCCC[n+]3ccn(-c4ccccn4)c3)c2)nc1. The first-order chi connectivity index (χ1) is 13.9. The van der Waals surface area contributed by atoms with Crippen LogP contribution in [-0.4, -0.2) is 19.1 Å². The van der Waals surface area contributed by atoms with Crippen molar-refractivity contribution < 1.29 is 9.13 Å². The van der Waals surface area contributed by atoms with Gasteiger partial charge in [0.25, 0.3) is 0 Å². The quantitative estimate of drug-likeness (QED) is 0.334. The summed E-state index contributed by atoms with van der Waals surface area (Å²) in [5, 5.41) is 0. The molecule has 4 aromatic rings. The van der Waals surface area contributed by atoms with Crippen molar-refractivity contribution in [3.63, 3.8) is 0 Å². The molecular formula is C22H26N6+2. The molecule has 0 amide bonds. The Morgan fingerprint density at radius 2 is 1.14 bits per heavy atom. The van der Waals surface area contributed by atoms with Crippen LogP contribution < -0.4 is 9.13 Å². The lowest BCUT2D eigenvalue weighted by atomic mass is 10.2. The highest BCUT2D eigenvalue weighted by Crippen LogP contribution is 2.04. The van der Waals surface area contributed by atoms with Gasteiger partial charge >= 0.3 is 0 Å². The molecule has 0 atom stereocenters. The van der Waals surface area contributed by atoms with Gasteiger partial charge in [-0.2, -0.15) is 9.13 Å². The summed E-state index contributed by atoms with van der Waals surface area (Å²) < 4.78 is 8.58. The van der Waals surface area contributed by atoms with Crippen LogP contribution in [0.15, 0.2) is 86.2 Å². The lowest BCUT2D eigenvalue weighted by molar-refractivity contribution is -0.698. The van der Waals surface area contributed by atoms with E-state index in [1.807, 2.05) is 48.8 Å². The number of unbranched alkanes of at least 4 members (excludes halogenated alkanes) is 3. The van der Waals surface area contributed by atoms with E-state index >= 15 is 0 Å². The molecule has 0 aliphatic heterocycles. The van der Waals surface area contributed by atoms with E-state index in [0.717, 1.165) is 24.7 Å². The molecule has 6 heteroatoms. The summed E-state index contributed by atoms with van der Waals surface area (Å²) in [6, 6.07) is 11.9. The van der Waals surface area contributed by atoms with Crippen molar-refractivity contribution in [3.8, 4) is 11.6 Å². The number of imidazole rings is 2. The van der Waals surface area contributed by atoms with Crippen LogP contribution in [0.5, 0.6) is 0 Å². The first-order valence-corrected chi connectivity index (χ1v) is 9.85. The Morgan fingerprint density at radius 3 is 1.57 bits per heavy atom. The summed E-state index contributed by atoms with van der Waals surface area (Å²) in [6.45, 7) is 2.09.